The third-order valence-corrected chi connectivity index (χ3v) is 3.69. The van der Waals surface area contributed by atoms with Gasteiger partial charge in [-0.2, -0.15) is 5.10 Å². The topological polar surface area (TPSA) is 55.6 Å². The molecule has 3 heterocycles. The fourth-order valence-corrected chi connectivity index (χ4v) is 2.59. The number of thiophene rings is 1. The van der Waals surface area contributed by atoms with E-state index in [4.69, 9.17) is 0 Å². The van der Waals surface area contributed by atoms with E-state index in [9.17, 15) is 0 Å². The summed E-state index contributed by atoms with van der Waals surface area (Å²) in [6.45, 7) is 2.88. The predicted molar refractivity (Wildman–Crippen MR) is 81.7 cm³/mol. The lowest BCUT2D eigenvalue weighted by molar-refractivity contribution is 0.768. The van der Waals surface area contributed by atoms with Crippen molar-refractivity contribution in [3.63, 3.8) is 0 Å². The summed E-state index contributed by atoms with van der Waals surface area (Å²) < 4.78 is 1.77. The molecule has 0 saturated heterocycles. The number of hydrogen-bond acceptors (Lipinski definition) is 5. The second-order valence-corrected chi connectivity index (χ2v) is 5.32. The first-order valence-corrected chi connectivity index (χ1v) is 7.30. The smallest absolute Gasteiger partial charge is 0.172 e. The molecule has 0 radical (unpaired) electrons. The highest BCUT2D eigenvalue weighted by Crippen LogP contribution is 2.26. The molecule has 20 heavy (non-hydrogen) atoms. The molecule has 1 N–H and O–H groups in total. The molecule has 3 aromatic rings. The Hall–Kier alpha value is -2.21. The van der Waals surface area contributed by atoms with Crippen molar-refractivity contribution in [3.05, 3.63) is 36.0 Å². The first-order chi connectivity index (χ1) is 9.76. The summed E-state index contributed by atoms with van der Waals surface area (Å²) in [5, 5.41) is 9.48. The SMILES string of the molecule is CCNc1cc(-c2cnn(C)c2)nc(-c2cccs2)n1. The van der Waals surface area contributed by atoms with Crippen LogP contribution in [0.3, 0.4) is 0 Å². The first-order valence-electron chi connectivity index (χ1n) is 6.42. The van der Waals surface area contributed by atoms with Gasteiger partial charge < -0.3 is 5.32 Å². The second kappa shape index (κ2) is 5.42. The number of aromatic nitrogens is 4. The zero-order valence-electron chi connectivity index (χ0n) is 11.4. The van der Waals surface area contributed by atoms with Gasteiger partial charge in [-0.3, -0.25) is 4.68 Å². The largest absolute Gasteiger partial charge is 0.370 e. The van der Waals surface area contributed by atoms with Gasteiger partial charge >= 0.3 is 0 Å². The average Bonchev–Trinajstić information content (AvgIpc) is 3.09. The van der Waals surface area contributed by atoms with Crippen molar-refractivity contribution >= 4 is 17.2 Å². The molecular weight excluding hydrogens is 270 g/mol. The lowest BCUT2D eigenvalue weighted by atomic mass is 10.2. The highest BCUT2D eigenvalue weighted by molar-refractivity contribution is 7.13. The van der Waals surface area contributed by atoms with Crippen LogP contribution in [0, 0.1) is 0 Å². The van der Waals surface area contributed by atoms with Crippen LogP contribution in [0.1, 0.15) is 6.92 Å². The number of aryl methyl sites for hydroxylation is 1. The highest BCUT2D eigenvalue weighted by Gasteiger charge is 2.10. The van der Waals surface area contributed by atoms with E-state index in [1.165, 1.54) is 0 Å². The van der Waals surface area contributed by atoms with Gasteiger partial charge in [-0.25, -0.2) is 9.97 Å². The van der Waals surface area contributed by atoms with Crippen LogP contribution in [0.5, 0.6) is 0 Å². The molecule has 0 amide bonds. The van der Waals surface area contributed by atoms with E-state index in [1.54, 1.807) is 16.0 Å². The molecule has 0 aliphatic carbocycles. The molecular formula is C14H15N5S. The predicted octanol–water partition coefficient (Wildman–Crippen LogP) is 3.04. The number of nitrogens with zero attached hydrogens (tertiary/aromatic N) is 4. The maximum absolute atomic E-state index is 4.65. The van der Waals surface area contributed by atoms with Gasteiger partial charge in [0.2, 0.25) is 0 Å². The van der Waals surface area contributed by atoms with Gasteiger partial charge in [-0.05, 0) is 18.4 Å². The van der Waals surface area contributed by atoms with Gasteiger partial charge in [-0.15, -0.1) is 11.3 Å². The van der Waals surface area contributed by atoms with Crippen molar-refractivity contribution in [1.29, 1.82) is 0 Å². The minimum atomic E-state index is 0.748. The molecule has 0 aromatic carbocycles. The number of rotatable bonds is 4. The summed E-state index contributed by atoms with van der Waals surface area (Å²) in [5.74, 6) is 1.59. The Bertz CT molecular complexity index is 702. The molecule has 0 aliphatic heterocycles. The van der Waals surface area contributed by atoms with Crippen molar-refractivity contribution in [1.82, 2.24) is 19.7 Å². The lowest BCUT2D eigenvalue weighted by Crippen LogP contribution is -2.02. The van der Waals surface area contributed by atoms with Crippen LogP contribution in [0.4, 0.5) is 5.82 Å². The minimum Gasteiger partial charge on any atom is -0.370 e. The molecule has 0 bridgehead atoms. The molecule has 0 atom stereocenters. The maximum atomic E-state index is 4.65. The van der Waals surface area contributed by atoms with Crippen LogP contribution in [0.2, 0.25) is 0 Å². The maximum Gasteiger partial charge on any atom is 0.172 e. The third kappa shape index (κ3) is 2.55. The van der Waals surface area contributed by atoms with Crippen molar-refractivity contribution in [2.45, 2.75) is 6.92 Å². The van der Waals surface area contributed by atoms with Gasteiger partial charge in [0.1, 0.15) is 5.82 Å². The lowest BCUT2D eigenvalue weighted by Gasteiger charge is -2.07. The number of hydrogen-bond donors (Lipinski definition) is 1. The molecule has 0 saturated carbocycles. The first kappa shape index (κ1) is 12.8. The van der Waals surface area contributed by atoms with E-state index in [0.717, 1.165) is 34.3 Å². The van der Waals surface area contributed by atoms with Gasteiger partial charge in [0.15, 0.2) is 5.82 Å². The highest BCUT2D eigenvalue weighted by atomic mass is 32.1. The van der Waals surface area contributed by atoms with Gasteiger partial charge in [0, 0.05) is 31.4 Å². The summed E-state index contributed by atoms with van der Waals surface area (Å²) in [6.07, 6.45) is 3.77. The van der Waals surface area contributed by atoms with E-state index in [1.807, 2.05) is 43.0 Å². The molecule has 5 nitrogen and oxygen atoms in total. The molecule has 102 valence electrons. The molecule has 0 aliphatic rings. The van der Waals surface area contributed by atoms with Crippen LogP contribution in [-0.2, 0) is 7.05 Å². The number of anilines is 1. The Kier molecular flexibility index (Phi) is 3.47. The third-order valence-electron chi connectivity index (χ3n) is 2.83. The fraction of sp³-hybridized carbons (Fsp3) is 0.214. The van der Waals surface area contributed by atoms with E-state index < -0.39 is 0 Å². The zero-order chi connectivity index (χ0) is 13.9. The van der Waals surface area contributed by atoms with Gasteiger partial charge in [-0.1, -0.05) is 6.07 Å². The Morgan fingerprint density at radius 3 is 2.90 bits per heavy atom. The van der Waals surface area contributed by atoms with Crippen molar-refractivity contribution in [3.8, 4) is 22.0 Å². The summed E-state index contributed by atoms with van der Waals surface area (Å²) in [7, 11) is 1.90. The fourth-order valence-electron chi connectivity index (χ4n) is 1.94. The molecule has 0 spiro atoms. The molecule has 3 aromatic heterocycles. The summed E-state index contributed by atoms with van der Waals surface area (Å²) >= 11 is 1.64. The zero-order valence-corrected chi connectivity index (χ0v) is 12.2. The second-order valence-electron chi connectivity index (χ2n) is 4.37. The minimum absolute atomic E-state index is 0.748. The van der Waals surface area contributed by atoms with E-state index in [0.29, 0.717) is 0 Å². The Morgan fingerprint density at radius 1 is 1.35 bits per heavy atom. The van der Waals surface area contributed by atoms with Crippen LogP contribution < -0.4 is 5.32 Å². The monoisotopic (exact) mass is 285 g/mol. The Morgan fingerprint density at radius 2 is 2.25 bits per heavy atom. The Labute approximate surface area is 121 Å². The summed E-state index contributed by atoms with van der Waals surface area (Å²) in [6, 6.07) is 5.99. The van der Waals surface area contributed by atoms with Crippen LogP contribution >= 0.6 is 11.3 Å². The summed E-state index contributed by atoms with van der Waals surface area (Å²) in [5.41, 5.74) is 1.87. The van der Waals surface area contributed by atoms with Crippen LogP contribution in [0.15, 0.2) is 36.0 Å². The van der Waals surface area contributed by atoms with Crippen molar-refractivity contribution in [2.24, 2.45) is 7.05 Å². The average molecular weight is 285 g/mol. The van der Waals surface area contributed by atoms with Gasteiger partial charge in [0.25, 0.3) is 0 Å². The van der Waals surface area contributed by atoms with E-state index in [2.05, 4.69) is 27.3 Å². The van der Waals surface area contributed by atoms with Crippen LogP contribution in [0.25, 0.3) is 22.0 Å². The molecule has 6 heteroatoms. The van der Waals surface area contributed by atoms with E-state index in [-0.39, 0.29) is 0 Å². The van der Waals surface area contributed by atoms with Crippen molar-refractivity contribution in [2.75, 3.05) is 11.9 Å². The number of nitrogens with one attached hydrogen (secondary N) is 1. The van der Waals surface area contributed by atoms with Crippen LogP contribution in [-0.4, -0.2) is 26.3 Å². The standard InChI is InChI=1S/C14H15N5S/c1-3-15-13-7-11(10-8-16-19(2)9-10)17-14(18-13)12-5-4-6-20-12/h4-9H,3H2,1-2H3,(H,15,17,18). The van der Waals surface area contributed by atoms with Gasteiger partial charge in [0.05, 0.1) is 16.8 Å². The molecule has 3 rings (SSSR count). The molecule has 0 unspecified atom stereocenters. The summed E-state index contributed by atoms with van der Waals surface area (Å²) in [4.78, 5) is 10.3. The Balaban J connectivity index is 2.09. The van der Waals surface area contributed by atoms with E-state index >= 15 is 0 Å². The quantitative estimate of drug-likeness (QED) is 0.800. The molecule has 0 fully saturated rings. The van der Waals surface area contributed by atoms with Crippen molar-refractivity contribution < 1.29 is 0 Å². The normalized spacial score (nSPS) is 10.7.